The van der Waals surface area contributed by atoms with E-state index in [1.54, 1.807) is 11.1 Å². The summed E-state index contributed by atoms with van der Waals surface area (Å²) in [4.78, 5) is 24.7. The first-order valence-corrected chi connectivity index (χ1v) is 7.84. The van der Waals surface area contributed by atoms with Crippen LogP contribution in [0, 0.1) is 18.6 Å². The quantitative estimate of drug-likeness (QED) is 0.847. The van der Waals surface area contributed by atoms with Gasteiger partial charge in [-0.15, -0.1) is 0 Å². The maximum Gasteiger partial charge on any atom is 0.257 e. The third-order valence-electron chi connectivity index (χ3n) is 4.03. The zero-order chi connectivity index (χ0) is 17.1. The number of benzene rings is 1. The van der Waals surface area contributed by atoms with Gasteiger partial charge in [0.1, 0.15) is 0 Å². The largest absolute Gasteiger partial charge is 0.339 e. The van der Waals surface area contributed by atoms with Crippen molar-refractivity contribution >= 4 is 11.9 Å². The van der Waals surface area contributed by atoms with E-state index in [1.165, 1.54) is 12.1 Å². The monoisotopic (exact) mass is 332 g/mol. The minimum absolute atomic E-state index is 0.227. The predicted octanol–water partition coefficient (Wildman–Crippen LogP) is 2.42. The minimum Gasteiger partial charge on any atom is -0.339 e. The second kappa shape index (κ2) is 6.90. The zero-order valence-electron chi connectivity index (χ0n) is 13.4. The molecular formula is C17H18F2N4O. The minimum atomic E-state index is -1.09. The molecule has 7 heteroatoms. The van der Waals surface area contributed by atoms with E-state index in [1.807, 2.05) is 17.9 Å². The summed E-state index contributed by atoms with van der Waals surface area (Å²) in [7, 11) is 0. The predicted molar refractivity (Wildman–Crippen MR) is 85.9 cm³/mol. The summed E-state index contributed by atoms with van der Waals surface area (Å²) in [6, 6.07) is 5.48. The topological polar surface area (TPSA) is 49.3 Å². The van der Waals surface area contributed by atoms with E-state index < -0.39 is 17.5 Å². The van der Waals surface area contributed by atoms with E-state index in [0.29, 0.717) is 38.5 Å². The lowest BCUT2D eigenvalue weighted by Crippen LogP contribution is -2.36. The van der Waals surface area contributed by atoms with Crippen LogP contribution in [-0.2, 0) is 0 Å². The summed E-state index contributed by atoms with van der Waals surface area (Å²) in [6.45, 7) is 4.04. The fraction of sp³-hybridized carbons (Fsp3) is 0.353. The van der Waals surface area contributed by atoms with Crippen LogP contribution >= 0.6 is 0 Å². The van der Waals surface area contributed by atoms with Gasteiger partial charge < -0.3 is 9.80 Å². The fourth-order valence-electron chi connectivity index (χ4n) is 2.75. The Morgan fingerprint density at radius 3 is 2.75 bits per heavy atom. The Morgan fingerprint density at radius 1 is 1.12 bits per heavy atom. The molecule has 0 unspecified atom stereocenters. The Kier molecular flexibility index (Phi) is 4.69. The van der Waals surface area contributed by atoms with Crippen molar-refractivity contribution < 1.29 is 13.6 Å². The van der Waals surface area contributed by atoms with Crippen LogP contribution in [0.25, 0.3) is 0 Å². The van der Waals surface area contributed by atoms with Crippen LogP contribution in [0.1, 0.15) is 22.5 Å². The molecule has 2 aromatic rings. The number of hydrogen-bond donors (Lipinski definition) is 0. The van der Waals surface area contributed by atoms with E-state index in [9.17, 15) is 13.6 Å². The molecule has 0 spiro atoms. The fourth-order valence-corrected chi connectivity index (χ4v) is 2.75. The van der Waals surface area contributed by atoms with Crippen molar-refractivity contribution in [3.05, 3.63) is 53.4 Å². The summed E-state index contributed by atoms with van der Waals surface area (Å²) in [5, 5.41) is 0. The molecule has 0 N–H and O–H groups in total. The van der Waals surface area contributed by atoms with Gasteiger partial charge >= 0.3 is 0 Å². The average molecular weight is 332 g/mol. The molecule has 0 radical (unpaired) electrons. The van der Waals surface area contributed by atoms with Gasteiger partial charge in [0.15, 0.2) is 11.6 Å². The molecule has 1 aromatic heterocycles. The van der Waals surface area contributed by atoms with Crippen LogP contribution in [0.15, 0.2) is 30.5 Å². The van der Waals surface area contributed by atoms with Crippen molar-refractivity contribution in [2.24, 2.45) is 0 Å². The number of hydrogen-bond acceptors (Lipinski definition) is 4. The van der Waals surface area contributed by atoms with E-state index >= 15 is 0 Å². The maximum atomic E-state index is 13.8. The van der Waals surface area contributed by atoms with Crippen LogP contribution < -0.4 is 4.90 Å². The third kappa shape index (κ3) is 3.34. The second-order valence-electron chi connectivity index (χ2n) is 5.73. The second-order valence-corrected chi connectivity index (χ2v) is 5.73. The summed E-state index contributed by atoms with van der Waals surface area (Å²) < 4.78 is 27.2. The number of halogens is 2. The molecule has 0 saturated carbocycles. The highest BCUT2D eigenvalue weighted by Crippen LogP contribution is 2.17. The number of anilines is 1. The van der Waals surface area contributed by atoms with Crippen LogP contribution in [0.5, 0.6) is 0 Å². The molecule has 1 fully saturated rings. The van der Waals surface area contributed by atoms with Crippen LogP contribution in [-0.4, -0.2) is 47.0 Å². The standard InChI is InChI=1S/C17H18F2N4O/c1-12-6-7-20-17(21-12)23-9-3-8-22(10-11-23)16(24)13-4-2-5-14(18)15(13)19/h2,4-7H,3,8-11H2,1H3. The van der Waals surface area contributed by atoms with Gasteiger partial charge in [-0.1, -0.05) is 6.07 Å². The molecule has 0 atom stereocenters. The molecule has 24 heavy (non-hydrogen) atoms. The first-order valence-electron chi connectivity index (χ1n) is 7.84. The molecule has 1 amide bonds. The Balaban J connectivity index is 1.73. The number of aromatic nitrogens is 2. The van der Waals surface area contributed by atoms with Crippen molar-refractivity contribution in [2.75, 3.05) is 31.1 Å². The SMILES string of the molecule is Cc1ccnc(N2CCCN(C(=O)c3cccc(F)c3F)CC2)n1. The first kappa shape index (κ1) is 16.3. The molecule has 3 rings (SSSR count). The van der Waals surface area contributed by atoms with Crippen LogP contribution in [0.3, 0.4) is 0 Å². The summed E-state index contributed by atoms with van der Waals surface area (Å²) in [5.41, 5.74) is 0.647. The molecule has 1 aliphatic heterocycles. The molecule has 1 aliphatic rings. The maximum absolute atomic E-state index is 13.8. The van der Waals surface area contributed by atoms with E-state index in [2.05, 4.69) is 9.97 Å². The summed E-state index contributed by atoms with van der Waals surface area (Å²) >= 11 is 0. The van der Waals surface area contributed by atoms with Crippen molar-refractivity contribution in [1.29, 1.82) is 0 Å². The van der Waals surface area contributed by atoms with E-state index in [4.69, 9.17) is 0 Å². The normalized spacial score (nSPS) is 15.3. The summed E-state index contributed by atoms with van der Waals surface area (Å²) in [6.07, 6.45) is 2.41. The number of nitrogens with zero attached hydrogens (tertiary/aromatic N) is 4. The Hall–Kier alpha value is -2.57. The zero-order valence-corrected chi connectivity index (χ0v) is 13.4. The van der Waals surface area contributed by atoms with Gasteiger partial charge in [-0.3, -0.25) is 4.79 Å². The van der Waals surface area contributed by atoms with Gasteiger partial charge in [0.2, 0.25) is 5.95 Å². The Morgan fingerprint density at radius 2 is 1.96 bits per heavy atom. The van der Waals surface area contributed by atoms with Gasteiger partial charge in [-0.25, -0.2) is 18.7 Å². The molecule has 2 heterocycles. The lowest BCUT2D eigenvalue weighted by atomic mass is 10.1. The van der Waals surface area contributed by atoms with Gasteiger partial charge in [0.05, 0.1) is 5.56 Å². The Bertz CT molecular complexity index is 753. The highest BCUT2D eigenvalue weighted by atomic mass is 19.2. The van der Waals surface area contributed by atoms with Crippen molar-refractivity contribution in [2.45, 2.75) is 13.3 Å². The lowest BCUT2D eigenvalue weighted by Gasteiger charge is -2.22. The Labute approximate surface area is 138 Å². The molecule has 0 aliphatic carbocycles. The van der Waals surface area contributed by atoms with Gasteiger partial charge in [0, 0.05) is 38.1 Å². The molecule has 1 aromatic carbocycles. The van der Waals surface area contributed by atoms with Crippen LogP contribution in [0.2, 0.25) is 0 Å². The van der Waals surface area contributed by atoms with Crippen molar-refractivity contribution in [1.82, 2.24) is 14.9 Å². The molecule has 0 bridgehead atoms. The van der Waals surface area contributed by atoms with E-state index in [-0.39, 0.29) is 5.56 Å². The third-order valence-corrected chi connectivity index (χ3v) is 4.03. The summed E-state index contributed by atoms with van der Waals surface area (Å²) in [5.74, 6) is -1.96. The molecular weight excluding hydrogens is 314 g/mol. The average Bonchev–Trinajstić information content (AvgIpc) is 2.83. The smallest absolute Gasteiger partial charge is 0.257 e. The van der Waals surface area contributed by atoms with Crippen molar-refractivity contribution in [3.63, 3.8) is 0 Å². The number of aryl methyl sites for hydroxylation is 1. The molecule has 126 valence electrons. The van der Waals surface area contributed by atoms with Gasteiger partial charge in [-0.2, -0.15) is 0 Å². The lowest BCUT2D eigenvalue weighted by molar-refractivity contribution is 0.0761. The first-order chi connectivity index (χ1) is 11.6. The van der Waals surface area contributed by atoms with Crippen molar-refractivity contribution in [3.8, 4) is 0 Å². The number of rotatable bonds is 2. The highest BCUT2D eigenvalue weighted by molar-refractivity contribution is 5.94. The van der Waals surface area contributed by atoms with Gasteiger partial charge in [0.25, 0.3) is 5.91 Å². The van der Waals surface area contributed by atoms with Crippen LogP contribution in [0.4, 0.5) is 14.7 Å². The van der Waals surface area contributed by atoms with E-state index in [0.717, 1.165) is 11.8 Å². The number of amides is 1. The van der Waals surface area contributed by atoms with Gasteiger partial charge in [-0.05, 0) is 31.5 Å². The number of carbonyl (C=O) groups is 1. The molecule has 1 saturated heterocycles. The highest BCUT2D eigenvalue weighted by Gasteiger charge is 2.24. The number of carbonyl (C=O) groups excluding carboxylic acids is 1. The molecule has 5 nitrogen and oxygen atoms in total.